The molecule has 1 unspecified atom stereocenters. The lowest BCUT2D eigenvalue weighted by Crippen LogP contribution is -2.31. The van der Waals surface area contributed by atoms with Gasteiger partial charge in [-0.3, -0.25) is 0 Å². The van der Waals surface area contributed by atoms with E-state index in [1.54, 1.807) is 6.92 Å². The summed E-state index contributed by atoms with van der Waals surface area (Å²) in [6, 6.07) is 1.74. The Morgan fingerprint density at radius 2 is 1.75 bits per heavy atom. The number of unbranched alkanes of at least 4 members (excludes halogenated alkanes) is 3. The number of hydrogen-bond donors (Lipinski definition) is 2. The standard InChI is InChI=1S/C14H21BF2O3/c1-3-4-5-6-7-10(2)20-14-12(16)8-11(15(18)19)9-13(14)17/h8-10,18-19H,3-7H2,1-2H3. The Morgan fingerprint density at radius 3 is 2.25 bits per heavy atom. The molecule has 0 spiro atoms. The van der Waals surface area contributed by atoms with Crippen molar-refractivity contribution in [3.05, 3.63) is 23.8 Å². The van der Waals surface area contributed by atoms with Crippen molar-refractivity contribution in [2.75, 3.05) is 0 Å². The van der Waals surface area contributed by atoms with Gasteiger partial charge in [-0.1, -0.05) is 26.2 Å². The molecule has 0 saturated heterocycles. The first-order chi connectivity index (χ1) is 9.45. The van der Waals surface area contributed by atoms with E-state index in [1.807, 2.05) is 0 Å². The average Bonchev–Trinajstić information content (AvgIpc) is 2.38. The van der Waals surface area contributed by atoms with Crippen LogP contribution in [0.4, 0.5) is 8.78 Å². The van der Waals surface area contributed by atoms with Crippen molar-refractivity contribution < 1.29 is 23.6 Å². The van der Waals surface area contributed by atoms with Crippen LogP contribution < -0.4 is 10.2 Å². The summed E-state index contributed by atoms with van der Waals surface area (Å²) in [6.07, 6.45) is 4.72. The van der Waals surface area contributed by atoms with Gasteiger partial charge in [0, 0.05) is 0 Å². The second-order valence-electron chi connectivity index (χ2n) is 4.97. The van der Waals surface area contributed by atoms with Crippen molar-refractivity contribution in [2.45, 2.75) is 52.1 Å². The van der Waals surface area contributed by atoms with Crippen molar-refractivity contribution in [1.82, 2.24) is 0 Å². The lowest BCUT2D eigenvalue weighted by atomic mass is 9.80. The van der Waals surface area contributed by atoms with Crippen molar-refractivity contribution in [3.8, 4) is 5.75 Å². The van der Waals surface area contributed by atoms with Crippen molar-refractivity contribution in [2.24, 2.45) is 0 Å². The SMILES string of the molecule is CCCCCCC(C)Oc1c(F)cc(B(O)O)cc1F. The fourth-order valence-electron chi connectivity index (χ4n) is 1.96. The van der Waals surface area contributed by atoms with E-state index in [1.165, 1.54) is 0 Å². The zero-order valence-corrected chi connectivity index (χ0v) is 11.9. The molecule has 6 heteroatoms. The number of halogens is 2. The summed E-state index contributed by atoms with van der Waals surface area (Å²) in [5, 5.41) is 17.8. The van der Waals surface area contributed by atoms with Crippen LogP contribution in [-0.4, -0.2) is 23.3 Å². The smallest absolute Gasteiger partial charge is 0.485 e. The molecule has 0 radical (unpaired) electrons. The lowest BCUT2D eigenvalue weighted by molar-refractivity contribution is 0.188. The van der Waals surface area contributed by atoms with Gasteiger partial charge in [-0.25, -0.2) is 8.78 Å². The Kier molecular flexibility index (Phi) is 6.95. The van der Waals surface area contributed by atoms with Gasteiger partial charge < -0.3 is 14.8 Å². The maximum atomic E-state index is 13.7. The number of hydrogen-bond acceptors (Lipinski definition) is 3. The fraction of sp³-hybridized carbons (Fsp3) is 0.571. The molecular weight excluding hydrogens is 265 g/mol. The molecule has 1 aromatic carbocycles. The Hall–Kier alpha value is -1.14. The van der Waals surface area contributed by atoms with Gasteiger partial charge in [-0.2, -0.15) is 0 Å². The molecular formula is C14H21BF2O3. The summed E-state index contributed by atoms with van der Waals surface area (Å²) in [5.41, 5.74) is -0.233. The molecule has 0 aliphatic heterocycles. The fourth-order valence-corrected chi connectivity index (χ4v) is 1.96. The van der Waals surface area contributed by atoms with Gasteiger partial charge in [0.25, 0.3) is 0 Å². The molecule has 2 N–H and O–H groups in total. The van der Waals surface area contributed by atoms with Gasteiger partial charge in [0.15, 0.2) is 17.4 Å². The summed E-state index contributed by atoms with van der Waals surface area (Å²) < 4.78 is 32.7. The van der Waals surface area contributed by atoms with Crippen LogP contribution in [0.15, 0.2) is 12.1 Å². The predicted octanol–water partition coefficient (Wildman–Crippen LogP) is 2.38. The monoisotopic (exact) mass is 286 g/mol. The van der Waals surface area contributed by atoms with Gasteiger partial charge in [0.2, 0.25) is 0 Å². The maximum Gasteiger partial charge on any atom is 0.488 e. The second-order valence-corrected chi connectivity index (χ2v) is 4.97. The van der Waals surface area contributed by atoms with E-state index in [0.717, 1.165) is 44.2 Å². The number of benzene rings is 1. The largest absolute Gasteiger partial charge is 0.488 e. The van der Waals surface area contributed by atoms with E-state index in [9.17, 15) is 8.78 Å². The first-order valence-electron chi connectivity index (χ1n) is 6.97. The van der Waals surface area contributed by atoms with Crippen LogP contribution in [-0.2, 0) is 0 Å². The van der Waals surface area contributed by atoms with E-state index in [0.29, 0.717) is 0 Å². The van der Waals surface area contributed by atoms with Crippen molar-refractivity contribution in [1.29, 1.82) is 0 Å². The van der Waals surface area contributed by atoms with E-state index >= 15 is 0 Å². The van der Waals surface area contributed by atoms with Crippen molar-refractivity contribution >= 4 is 12.6 Å². The average molecular weight is 286 g/mol. The molecule has 0 bridgehead atoms. The molecule has 112 valence electrons. The molecule has 1 rings (SSSR count). The Balaban J connectivity index is 2.63. The highest BCUT2D eigenvalue weighted by Crippen LogP contribution is 2.23. The summed E-state index contributed by atoms with van der Waals surface area (Å²) in [4.78, 5) is 0. The molecule has 0 fully saturated rings. The Bertz CT molecular complexity index is 404. The predicted molar refractivity (Wildman–Crippen MR) is 75.0 cm³/mol. The Labute approximate surface area is 118 Å². The van der Waals surface area contributed by atoms with Gasteiger partial charge in [0.1, 0.15) is 0 Å². The second kappa shape index (κ2) is 8.22. The molecule has 1 aromatic rings. The van der Waals surface area contributed by atoms with Gasteiger partial charge in [-0.15, -0.1) is 0 Å². The number of rotatable bonds is 8. The van der Waals surface area contributed by atoms with Crippen LogP contribution in [0.1, 0.15) is 46.0 Å². The summed E-state index contributed by atoms with van der Waals surface area (Å²) in [6.45, 7) is 3.88. The molecule has 0 amide bonds. The summed E-state index contributed by atoms with van der Waals surface area (Å²) in [5.74, 6) is -2.31. The first kappa shape index (κ1) is 16.9. The van der Waals surface area contributed by atoms with Crippen molar-refractivity contribution in [3.63, 3.8) is 0 Å². The molecule has 0 aromatic heterocycles. The lowest BCUT2D eigenvalue weighted by Gasteiger charge is -2.16. The minimum Gasteiger partial charge on any atom is -0.485 e. The molecule has 0 heterocycles. The highest BCUT2D eigenvalue weighted by Gasteiger charge is 2.20. The summed E-state index contributed by atoms with van der Waals surface area (Å²) in [7, 11) is -1.90. The van der Waals surface area contributed by atoms with E-state index in [2.05, 4.69) is 6.92 Å². The van der Waals surface area contributed by atoms with Crippen LogP contribution in [0, 0.1) is 11.6 Å². The van der Waals surface area contributed by atoms with Crippen LogP contribution in [0.3, 0.4) is 0 Å². The molecule has 0 aliphatic rings. The molecule has 0 saturated carbocycles. The van der Waals surface area contributed by atoms with E-state index < -0.39 is 24.5 Å². The maximum absolute atomic E-state index is 13.7. The van der Waals surface area contributed by atoms with Crippen LogP contribution in [0.5, 0.6) is 5.75 Å². The third kappa shape index (κ3) is 5.09. The quantitative estimate of drug-likeness (QED) is 0.570. The molecule has 1 atom stereocenters. The molecule has 0 aliphatic carbocycles. The first-order valence-corrected chi connectivity index (χ1v) is 6.97. The minimum absolute atomic E-state index is 0.233. The van der Waals surface area contributed by atoms with E-state index in [-0.39, 0.29) is 11.6 Å². The highest BCUT2D eigenvalue weighted by molar-refractivity contribution is 6.58. The normalized spacial score (nSPS) is 12.3. The summed E-state index contributed by atoms with van der Waals surface area (Å²) >= 11 is 0. The van der Waals surface area contributed by atoms with Gasteiger partial charge in [-0.05, 0) is 37.4 Å². The molecule has 20 heavy (non-hydrogen) atoms. The minimum atomic E-state index is -1.90. The van der Waals surface area contributed by atoms with Crippen LogP contribution >= 0.6 is 0 Å². The van der Waals surface area contributed by atoms with E-state index in [4.69, 9.17) is 14.8 Å². The topological polar surface area (TPSA) is 49.7 Å². The van der Waals surface area contributed by atoms with Crippen LogP contribution in [0.25, 0.3) is 0 Å². The molecule has 3 nitrogen and oxygen atoms in total. The van der Waals surface area contributed by atoms with Crippen LogP contribution in [0.2, 0.25) is 0 Å². The zero-order valence-electron chi connectivity index (χ0n) is 11.9. The van der Waals surface area contributed by atoms with Gasteiger partial charge in [0.05, 0.1) is 6.10 Å². The zero-order chi connectivity index (χ0) is 15.1. The number of ether oxygens (including phenoxy) is 1. The highest BCUT2D eigenvalue weighted by atomic mass is 19.1. The Morgan fingerprint density at radius 1 is 1.15 bits per heavy atom. The van der Waals surface area contributed by atoms with Gasteiger partial charge >= 0.3 is 7.12 Å². The third-order valence-electron chi connectivity index (χ3n) is 3.10. The third-order valence-corrected chi connectivity index (χ3v) is 3.10.